The van der Waals surface area contributed by atoms with E-state index in [1.807, 2.05) is 36.4 Å². The molecule has 0 fully saturated rings. The minimum Gasteiger partial charge on any atom is -0.478 e. The Bertz CT molecular complexity index is 1230. The number of amides is 2. The second-order valence-electron chi connectivity index (χ2n) is 8.30. The number of carbonyl (C=O) groups is 3. The van der Waals surface area contributed by atoms with Gasteiger partial charge < -0.3 is 20.5 Å². The molecule has 1 unspecified atom stereocenters. The minimum atomic E-state index is -1.36. The maximum Gasteiger partial charge on any atom is 0.407 e. The smallest absolute Gasteiger partial charge is 0.407 e. The predicted molar refractivity (Wildman–Crippen MR) is 129 cm³/mol. The van der Waals surface area contributed by atoms with E-state index in [-0.39, 0.29) is 30.3 Å². The van der Waals surface area contributed by atoms with Gasteiger partial charge in [0.25, 0.3) is 0 Å². The molecule has 0 spiro atoms. The van der Waals surface area contributed by atoms with Gasteiger partial charge in [-0.1, -0.05) is 55.5 Å². The molecule has 0 radical (unpaired) electrons. The van der Waals surface area contributed by atoms with Crippen molar-refractivity contribution in [3.8, 4) is 11.1 Å². The molecule has 0 saturated heterocycles. The van der Waals surface area contributed by atoms with Gasteiger partial charge in [0.2, 0.25) is 5.91 Å². The summed E-state index contributed by atoms with van der Waals surface area (Å²) in [5, 5.41) is 14.4. The number of carbonyl (C=O) groups excluding carboxylic acids is 2. The molecule has 7 nitrogen and oxygen atoms in total. The lowest BCUT2D eigenvalue weighted by molar-refractivity contribution is -0.119. The molecule has 1 aliphatic carbocycles. The van der Waals surface area contributed by atoms with Crippen molar-refractivity contribution >= 4 is 23.7 Å². The second kappa shape index (κ2) is 10.4. The van der Waals surface area contributed by atoms with Crippen LogP contribution in [0.1, 0.15) is 40.7 Å². The molecule has 180 valence electrons. The molecule has 8 heteroatoms. The number of ether oxygens (including phenoxy) is 1. The van der Waals surface area contributed by atoms with E-state index in [9.17, 15) is 23.9 Å². The van der Waals surface area contributed by atoms with Gasteiger partial charge in [0.1, 0.15) is 12.4 Å². The van der Waals surface area contributed by atoms with E-state index in [4.69, 9.17) is 4.74 Å². The number of rotatable bonds is 8. The largest absolute Gasteiger partial charge is 0.478 e. The van der Waals surface area contributed by atoms with Crippen LogP contribution >= 0.6 is 0 Å². The third-order valence-electron chi connectivity index (χ3n) is 6.17. The van der Waals surface area contributed by atoms with Crippen molar-refractivity contribution in [2.24, 2.45) is 5.92 Å². The van der Waals surface area contributed by atoms with Gasteiger partial charge in [0, 0.05) is 12.5 Å². The SMILES string of the molecule is CCC(CNC(=O)OCC1c2ccccc2-c2ccccc21)C(=O)Nc1ccc(F)cc1C(=O)O. The Labute approximate surface area is 201 Å². The summed E-state index contributed by atoms with van der Waals surface area (Å²) in [6.45, 7) is 1.93. The van der Waals surface area contributed by atoms with Gasteiger partial charge in [-0.3, -0.25) is 4.79 Å². The van der Waals surface area contributed by atoms with Gasteiger partial charge in [0.15, 0.2) is 0 Å². The second-order valence-corrected chi connectivity index (χ2v) is 8.30. The van der Waals surface area contributed by atoms with E-state index in [0.717, 1.165) is 34.4 Å². The molecule has 2 amide bonds. The van der Waals surface area contributed by atoms with Crippen molar-refractivity contribution in [3.63, 3.8) is 0 Å². The highest BCUT2D eigenvalue weighted by Crippen LogP contribution is 2.44. The molecular weight excluding hydrogens is 451 g/mol. The summed E-state index contributed by atoms with van der Waals surface area (Å²) in [7, 11) is 0. The molecule has 0 aromatic heterocycles. The predicted octanol–water partition coefficient (Wildman–Crippen LogP) is 5.03. The van der Waals surface area contributed by atoms with Crippen LogP contribution in [0.2, 0.25) is 0 Å². The number of hydrogen-bond donors (Lipinski definition) is 3. The Hall–Kier alpha value is -4.20. The average molecular weight is 477 g/mol. The monoisotopic (exact) mass is 476 g/mol. The highest BCUT2D eigenvalue weighted by Gasteiger charge is 2.29. The van der Waals surface area contributed by atoms with Crippen molar-refractivity contribution in [2.75, 3.05) is 18.5 Å². The van der Waals surface area contributed by atoms with E-state index in [1.54, 1.807) is 6.92 Å². The number of fused-ring (bicyclic) bond motifs is 3. The zero-order valence-corrected chi connectivity index (χ0v) is 19.1. The van der Waals surface area contributed by atoms with Crippen molar-refractivity contribution in [1.29, 1.82) is 0 Å². The van der Waals surface area contributed by atoms with E-state index in [1.165, 1.54) is 6.07 Å². The van der Waals surface area contributed by atoms with Crippen LogP contribution < -0.4 is 10.6 Å². The van der Waals surface area contributed by atoms with E-state index < -0.39 is 29.7 Å². The lowest BCUT2D eigenvalue weighted by Gasteiger charge is -2.18. The first-order chi connectivity index (χ1) is 16.9. The van der Waals surface area contributed by atoms with Crippen molar-refractivity contribution in [1.82, 2.24) is 5.32 Å². The zero-order chi connectivity index (χ0) is 24.9. The maximum absolute atomic E-state index is 13.4. The molecule has 4 rings (SSSR count). The first-order valence-electron chi connectivity index (χ1n) is 11.3. The Morgan fingerprint density at radius 1 is 1.00 bits per heavy atom. The van der Waals surface area contributed by atoms with E-state index >= 15 is 0 Å². The Morgan fingerprint density at radius 2 is 1.63 bits per heavy atom. The molecule has 0 heterocycles. The third kappa shape index (κ3) is 5.16. The topological polar surface area (TPSA) is 105 Å². The van der Waals surface area contributed by atoms with Crippen LogP contribution in [0.4, 0.5) is 14.9 Å². The number of halogens is 1. The molecule has 1 aliphatic rings. The Balaban J connectivity index is 1.35. The summed E-state index contributed by atoms with van der Waals surface area (Å²) in [5.74, 6) is -3.27. The maximum atomic E-state index is 13.4. The number of alkyl carbamates (subject to hydrolysis) is 1. The number of carboxylic acids is 1. The average Bonchev–Trinajstić information content (AvgIpc) is 3.18. The lowest BCUT2D eigenvalue weighted by atomic mass is 9.98. The zero-order valence-electron chi connectivity index (χ0n) is 19.1. The minimum absolute atomic E-state index is 0.00259. The first kappa shape index (κ1) is 23.9. The van der Waals surface area contributed by atoms with Gasteiger partial charge in [-0.2, -0.15) is 0 Å². The van der Waals surface area contributed by atoms with E-state index in [2.05, 4.69) is 22.8 Å². The van der Waals surface area contributed by atoms with Gasteiger partial charge in [-0.05, 0) is 46.9 Å². The number of anilines is 1. The van der Waals surface area contributed by atoms with E-state index in [0.29, 0.717) is 6.42 Å². The summed E-state index contributed by atoms with van der Waals surface area (Å²) in [6, 6.07) is 19.1. The fraction of sp³-hybridized carbons (Fsp3) is 0.222. The normalized spacial score (nSPS) is 12.9. The van der Waals surface area contributed by atoms with Gasteiger partial charge >= 0.3 is 12.1 Å². The van der Waals surface area contributed by atoms with Crippen molar-refractivity contribution in [2.45, 2.75) is 19.3 Å². The quantitative estimate of drug-likeness (QED) is 0.423. The molecule has 3 aromatic carbocycles. The molecule has 1 atom stereocenters. The van der Waals surface area contributed by atoms with Gasteiger partial charge in [0.05, 0.1) is 17.2 Å². The van der Waals surface area contributed by atoms with Crippen LogP contribution in [0.25, 0.3) is 11.1 Å². The summed E-state index contributed by atoms with van der Waals surface area (Å²) >= 11 is 0. The fourth-order valence-corrected chi connectivity index (χ4v) is 4.32. The summed E-state index contributed by atoms with van der Waals surface area (Å²) in [4.78, 5) is 36.4. The van der Waals surface area contributed by atoms with Crippen LogP contribution in [0.3, 0.4) is 0 Å². The summed E-state index contributed by atoms with van der Waals surface area (Å²) < 4.78 is 18.9. The Kier molecular flexibility index (Phi) is 7.10. The number of hydrogen-bond acceptors (Lipinski definition) is 4. The van der Waals surface area contributed by atoms with Crippen molar-refractivity contribution in [3.05, 3.63) is 89.2 Å². The van der Waals surface area contributed by atoms with Crippen LogP contribution in [-0.4, -0.2) is 36.2 Å². The standard InChI is InChI=1S/C27H25FN2O5/c1-2-16(25(31)30-24-12-11-17(28)13-22(24)26(32)33)14-29-27(34)35-15-23-20-9-5-3-7-18(20)19-8-4-6-10-21(19)23/h3-13,16,23H,2,14-15H2,1H3,(H,29,34)(H,30,31)(H,32,33). The van der Waals surface area contributed by atoms with Crippen molar-refractivity contribution < 1.29 is 28.6 Å². The molecule has 0 aliphatic heterocycles. The number of aromatic carboxylic acids is 1. The fourth-order valence-electron chi connectivity index (χ4n) is 4.32. The van der Waals surface area contributed by atoms with Crippen LogP contribution in [-0.2, 0) is 9.53 Å². The summed E-state index contributed by atoms with van der Waals surface area (Å²) in [5.41, 5.74) is 4.09. The molecule has 3 aromatic rings. The van der Waals surface area contributed by atoms with Crippen LogP contribution in [0.15, 0.2) is 66.7 Å². The third-order valence-corrected chi connectivity index (χ3v) is 6.17. The molecule has 0 bridgehead atoms. The highest BCUT2D eigenvalue weighted by molar-refractivity contribution is 6.01. The van der Waals surface area contributed by atoms with Crippen LogP contribution in [0, 0.1) is 11.7 Å². The van der Waals surface area contributed by atoms with Gasteiger partial charge in [-0.25, -0.2) is 14.0 Å². The number of carboxylic acid groups (broad SMARTS) is 1. The number of nitrogens with one attached hydrogen (secondary N) is 2. The Morgan fingerprint density at radius 3 is 2.23 bits per heavy atom. The van der Waals surface area contributed by atoms with Crippen LogP contribution in [0.5, 0.6) is 0 Å². The lowest BCUT2D eigenvalue weighted by Crippen LogP contribution is -2.36. The molecule has 3 N–H and O–H groups in total. The molecule has 35 heavy (non-hydrogen) atoms. The number of benzene rings is 3. The molecular formula is C27H25FN2O5. The first-order valence-corrected chi connectivity index (χ1v) is 11.3. The highest BCUT2D eigenvalue weighted by atomic mass is 19.1. The van der Waals surface area contributed by atoms with Gasteiger partial charge in [-0.15, -0.1) is 0 Å². The summed E-state index contributed by atoms with van der Waals surface area (Å²) in [6.07, 6.45) is -0.259. The molecule has 0 saturated carbocycles.